The molecule has 0 spiro atoms. The molecule has 2 N–H and O–H groups in total. The van der Waals surface area contributed by atoms with E-state index in [2.05, 4.69) is 10.6 Å². The van der Waals surface area contributed by atoms with Crippen molar-refractivity contribution in [1.82, 2.24) is 10.6 Å². The van der Waals surface area contributed by atoms with Gasteiger partial charge in [-0.3, -0.25) is 0 Å². The van der Waals surface area contributed by atoms with Crippen LogP contribution in [0.5, 0.6) is 0 Å². The van der Waals surface area contributed by atoms with Crippen molar-refractivity contribution in [3.8, 4) is 0 Å². The van der Waals surface area contributed by atoms with Crippen LogP contribution in [-0.2, 0) is 10.7 Å². The van der Waals surface area contributed by atoms with Gasteiger partial charge in [0.2, 0.25) is 0 Å². The van der Waals surface area contributed by atoms with Crippen LogP contribution < -0.4 is 10.6 Å². The molecular formula is C13H15F3N2O2. The fourth-order valence-electron chi connectivity index (χ4n) is 1.87. The van der Waals surface area contributed by atoms with E-state index in [9.17, 15) is 18.0 Å². The largest absolute Gasteiger partial charge is 0.379 e. The number of rotatable bonds is 4. The Morgan fingerprint density at radius 1 is 1.35 bits per heavy atom. The Labute approximate surface area is 114 Å². The SMILES string of the molecule is O=C(NCC(F)(F)c1ccc(F)cc1)N[C@@H]1CCOC1. The highest BCUT2D eigenvalue weighted by atomic mass is 19.3. The minimum Gasteiger partial charge on any atom is -0.379 e. The van der Waals surface area contributed by atoms with E-state index in [1.807, 2.05) is 0 Å². The van der Waals surface area contributed by atoms with Crippen LogP contribution in [0.3, 0.4) is 0 Å². The average molecular weight is 288 g/mol. The lowest BCUT2D eigenvalue weighted by molar-refractivity contribution is -0.000619. The van der Waals surface area contributed by atoms with E-state index in [1.54, 1.807) is 0 Å². The van der Waals surface area contributed by atoms with E-state index in [0.717, 1.165) is 24.3 Å². The van der Waals surface area contributed by atoms with Crippen molar-refractivity contribution in [2.24, 2.45) is 0 Å². The van der Waals surface area contributed by atoms with Gasteiger partial charge in [0.15, 0.2) is 0 Å². The van der Waals surface area contributed by atoms with Crippen LogP contribution in [0.25, 0.3) is 0 Å². The van der Waals surface area contributed by atoms with Gasteiger partial charge in [-0.15, -0.1) is 0 Å². The van der Waals surface area contributed by atoms with Crippen molar-refractivity contribution in [3.63, 3.8) is 0 Å². The number of hydrogen-bond donors (Lipinski definition) is 2. The lowest BCUT2D eigenvalue weighted by Gasteiger charge is -2.18. The van der Waals surface area contributed by atoms with Crippen LogP contribution in [0, 0.1) is 5.82 Å². The Morgan fingerprint density at radius 3 is 2.65 bits per heavy atom. The number of carbonyl (C=O) groups is 1. The van der Waals surface area contributed by atoms with Crippen molar-refractivity contribution in [1.29, 1.82) is 0 Å². The number of urea groups is 1. The molecule has 2 rings (SSSR count). The number of halogens is 3. The van der Waals surface area contributed by atoms with Gasteiger partial charge in [-0.1, -0.05) is 12.1 Å². The first-order chi connectivity index (χ1) is 9.47. The number of benzene rings is 1. The summed E-state index contributed by atoms with van der Waals surface area (Å²) in [5, 5.41) is 4.66. The third-order valence-corrected chi connectivity index (χ3v) is 3.00. The molecule has 1 heterocycles. The number of carbonyl (C=O) groups excluding carboxylic acids is 1. The molecular weight excluding hydrogens is 273 g/mol. The summed E-state index contributed by atoms with van der Waals surface area (Å²) in [4.78, 5) is 11.5. The van der Waals surface area contributed by atoms with E-state index in [0.29, 0.717) is 19.6 Å². The molecule has 2 amide bonds. The molecule has 0 unspecified atom stereocenters. The third kappa shape index (κ3) is 3.86. The lowest BCUT2D eigenvalue weighted by Crippen LogP contribution is -2.45. The number of alkyl halides is 2. The predicted molar refractivity (Wildman–Crippen MR) is 66.1 cm³/mol. The summed E-state index contributed by atoms with van der Waals surface area (Å²) in [7, 11) is 0. The maximum atomic E-state index is 13.8. The minimum atomic E-state index is -3.25. The van der Waals surface area contributed by atoms with Gasteiger partial charge in [0.05, 0.1) is 19.2 Å². The highest BCUT2D eigenvalue weighted by Gasteiger charge is 2.32. The Hall–Kier alpha value is -1.76. The van der Waals surface area contributed by atoms with E-state index in [-0.39, 0.29) is 11.6 Å². The molecule has 1 saturated heterocycles. The van der Waals surface area contributed by atoms with E-state index < -0.39 is 24.3 Å². The standard InChI is InChI=1S/C13H15F3N2O2/c14-10-3-1-9(2-4-10)13(15,16)8-17-12(19)18-11-5-6-20-7-11/h1-4,11H,5-8H2,(H2,17,18,19)/t11-/m1/s1. The first-order valence-electron chi connectivity index (χ1n) is 6.23. The molecule has 1 aromatic carbocycles. The molecule has 1 aliphatic heterocycles. The first-order valence-corrected chi connectivity index (χ1v) is 6.23. The average Bonchev–Trinajstić information content (AvgIpc) is 2.90. The Kier molecular flexibility index (Phi) is 4.49. The Morgan fingerprint density at radius 2 is 2.05 bits per heavy atom. The fourth-order valence-corrected chi connectivity index (χ4v) is 1.87. The molecule has 1 atom stereocenters. The lowest BCUT2D eigenvalue weighted by atomic mass is 10.1. The zero-order chi connectivity index (χ0) is 14.6. The fraction of sp³-hybridized carbons (Fsp3) is 0.462. The first kappa shape index (κ1) is 14.6. The van der Waals surface area contributed by atoms with E-state index in [1.165, 1.54) is 0 Å². The van der Waals surface area contributed by atoms with Gasteiger partial charge in [-0.25, -0.2) is 9.18 Å². The van der Waals surface area contributed by atoms with Crippen molar-refractivity contribution >= 4 is 6.03 Å². The zero-order valence-corrected chi connectivity index (χ0v) is 10.7. The van der Waals surface area contributed by atoms with Crippen LogP contribution in [0.15, 0.2) is 24.3 Å². The normalized spacial score (nSPS) is 18.9. The number of amides is 2. The topological polar surface area (TPSA) is 50.4 Å². The highest BCUT2D eigenvalue weighted by molar-refractivity contribution is 5.74. The van der Waals surface area contributed by atoms with Crippen molar-refractivity contribution in [3.05, 3.63) is 35.6 Å². The van der Waals surface area contributed by atoms with Gasteiger partial charge < -0.3 is 15.4 Å². The molecule has 7 heteroatoms. The van der Waals surface area contributed by atoms with Crippen LogP contribution >= 0.6 is 0 Å². The number of ether oxygens (including phenoxy) is 1. The van der Waals surface area contributed by atoms with Gasteiger partial charge in [0.25, 0.3) is 5.92 Å². The summed E-state index contributed by atoms with van der Waals surface area (Å²) in [6.07, 6.45) is 0.668. The summed E-state index contributed by atoms with van der Waals surface area (Å²) in [5.74, 6) is -3.84. The maximum absolute atomic E-state index is 13.8. The van der Waals surface area contributed by atoms with Crippen LogP contribution in [0.1, 0.15) is 12.0 Å². The van der Waals surface area contributed by atoms with Gasteiger partial charge in [0, 0.05) is 12.2 Å². The molecule has 0 aromatic heterocycles. The third-order valence-electron chi connectivity index (χ3n) is 3.00. The highest BCUT2D eigenvalue weighted by Crippen LogP contribution is 2.27. The summed E-state index contributed by atoms with van der Waals surface area (Å²) in [6.45, 7) is 0.0938. The maximum Gasteiger partial charge on any atom is 0.315 e. The van der Waals surface area contributed by atoms with E-state index >= 15 is 0 Å². The Bertz CT molecular complexity index is 459. The molecule has 0 radical (unpaired) electrons. The van der Waals surface area contributed by atoms with Crippen molar-refractivity contribution < 1.29 is 22.7 Å². The molecule has 20 heavy (non-hydrogen) atoms. The van der Waals surface area contributed by atoms with Gasteiger partial charge in [-0.05, 0) is 18.6 Å². The summed E-state index contributed by atoms with van der Waals surface area (Å²) in [5.41, 5.74) is -0.344. The van der Waals surface area contributed by atoms with Gasteiger partial charge in [0.1, 0.15) is 5.82 Å². The van der Waals surface area contributed by atoms with Crippen LogP contribution in [0.4, 0.5) is 18.0 Å². The molecule has 0 aliphatic carbocycles. The summed E-state index contributed by atoms with van der Waals surface area (Å²) in [6, 6.07) is 3.11. The second kappa shape index (κ2) is 6.13. The minimum absolute atomic E-state index is 0.144. The molecule has 110 valence electrons. The molecule has 1 aliphatic rings. The predicted octanol–water partition coefficient (Wildman–Crippen LogP) is 2.01. The molecule has 1 aromatic rings. The monoisotopic (exact) mass is 288 g/mol. The molecule has 0 saturated carbocycles. The summed E-state index contributed by atoms with van der Waals surface area (Å²) < 4.78 is 45.3. The van der Waals surface area contributed by atoms with Gasteiger partial charge >= 0.3 is 6.03 Å². The Balaban J connectivity index is 1.84. The molecule has 4 nitrogen and oxygen atoms in total. The molecule has 0 bridgehead atoms. The summed E-state index contributed by atoms with van der Waals surface area (Å²) >= 11 is 0. The number of nitrogens with one attached hydrogen (secondary N) is 2. The van der Waals surface area contributed by atoms with Crippen LogP contribution in [-0.4, -0.2) is 31.8 Å². The zero-order valence-electron chi connectivity index (χ0n) is 10.7. The van der Waals surface area contributed by atoms with Crippen LogP contribution in [0.2, 0.25) is 0 Å². The van der Waals surface area contributed by atoms with Crippen molar-refractivity contribution in [2.75, 3.05) is 19.8 Å². The smallest absolute Gasteiger partial charge is 0.315 e. The van der Waals surface area contributed by atoms with Crippen molar-refractivity contribution in [2.45, 2.75) is 18.4 Å². The molecule has 1 fully saturated rings. The second-order valence-corrected chi connectivity index (χ2v) is 4.60. The number of hydrogen-bond acceptors (Lipinski definition) is 2. The quantitative estimate of drug-likeness (QED) is 0.890. The van der Waals surface area contributed by atoms with Gasteiger partial charge in [-0.2, -0.15) is 8.78 Å². The second-order valence-electron chi connectivity index (χ2n) is 4.60. The van der Waals surface area contributed by atoms with E-state index in [4.69, 9.17) is 4.74 Å².